The lowest BCUT2D eigenvalue weighted by Crippen LogP contribution is -2.24. The van der Waals surface area contributed by atoms with E-state index in [1.54, 1.807) is 12.1 Å². The third-order valence-corrected chi connectivity index (χ3v) is 4.18. The van der Waals surface area contributed by atoms with E-state index >= 15 is 0 Å². The first-order chi connectivity index (χ1) is 10.6. The summed E-state index contributed by atoms with van der Waals surface area (Å²) in [5, 5.41) is 16.1. The third kappa shape index (κ3) is 2.76. The zero-order chi connectivity index (χ0) is 15.7. The molecule has 0 aromatic heterocycles. The lowest BCUT2D eigenvalue weighted by atomic mass is 9.98. The topological polar surface area (TPSA) is 52.9 Å². The molecule has 1 atom stereocenters. The van der Waals surface area contributed by atoms with E-state index in [4.69, 9.17) is 0 Å². The van der Waals surface area contributed by atoms with Gasteiger partial charge < -0.3 is 5.11 Å². The predicted molar refractivity (Wildman–Crippen MR) is 88.7 cm³/mol. The maximum Gasteiger partial charge on any atom is 0.240 e. The van der Waals surface area contributed by atoms with Crippen molar-refractivity contribution in [3.05, 3.63) is 64.1 Å². The highest BCUT2D eigenvalue weighted by molar-refractivity contribution is 9.10. The van der Waals surface area contributed by atoms with Gasteiger partial charge >= 0.3 is 0 Å². The number of rotatable bonds is 2. The Labute approximate surface area is 137 Å². The molecule has 3 rings (SSSR count). The molecular weight excluding hydrogens is 344 g/mol. The van der Waals surface area contributed by atoms with Crippen molar-refractivity contribution < 1.29 is 9.90 Å². The van der Waals surface area contributed by atoms with E-state index in [-0.39, 0.29) is 17.7 Å². The first kappa shape index (κ1) is 14.8. The summed E-state index contributed by atoms with van der Waals surface area (Å²) >= 11 is 3.41. The number of nitrogens with zero attached hydrogens (tertiary/aromatic N) is 2. The molecule has 0 radical (unpaired) electrons. The lowest BCUT2D eigenvalue weighted by molar-refractivity contribution is -0.130. The number of amides is 1. The molecule has 22 heavy (non-hydrogen) atoms. The van der Waals surface area contributed by atoms with E-state index in [0.717, 1.165) is 15.7 Å². The van der Waals surface area contributed by atoms with Gasteiger partial charge in [0.25, 0.3) is 0 Å². The van der Waals surface area contributed by atoms with Gasteiger partial charge in [0, 0.05) is 23.4 Å². The number of hydrogen-bond donors (Lipinski definition) is 1. The highest BCUT2D eigenvalue weighted by atomic mass is 79.9. The second-order valence-corrected chi connectivity index (χ2v) is 6.12. The Morgan fingerprint density at radius 2 is 2.00 bits per heavy atom. The number of phenolic OH excluding ortho intramolecular Hbond substituents is 1. The van der Waals surface area contributed by atoms with Crippen LogP contribution < -0.4 is 0 Å². The van der Waals surface area contributed by atoms with Crippen LogP contribution in [0.25, 0.3) is 0 Å². The fourth-order valence-electron chi connectivity index (χ4n) is 2.64. The summed E-state index contributed by atoms with van der Waals surface area (Å²) in [6.45, 7) is 1.49. The molecule has 5 heteroatoms. The summed E-state index contributed by atoms with van der Waals surface area (Å²) in [6.07, 6.45) is 0.577. The molecule has 1 unspecified atom stereocenters. The summed E-state index contributed by atoms with van der Waals surface area (Å²) in [4.78, 5) is 11.9. The first-order valence-corrected chi connectivity index (χ1v) is 7.76. The number of aromatic hydroxyl groups is 1. The zero-order valence-electron chi connectivity index (χ0n) is 12.0. The largest absolute Gasteiger partial charge is 0.508 e. The average Bonchev–Trinajstić information content (AvgIpc) is 2.96. The van der Waals surface area contributed by atoms with Gasteiger partial charge in [-0.05, 0) is 23.8 Å². The Kier molecular flexibility index (Phi) is 3.98. The highest BCUT2D eigenvalue weighted by Crippen LogP contribution is 2.38. The van der Waals surface area contributed by atoms with Gasteiger partial charge in [0.1, 0.15) is 5.75 Å². The quantitative estimate of drug-likeness (QED) is 0.886. The molecule has 0 aliphatic carbocycles. The van der Waals surface area contributed by atoms with E-state index in [0.29, 0.717) is 12.0 Å². The Balaban J connectivity index is 2.00. The Morgan fingerprint density at radius 1 is 1.27 bits per heavy atom. The standard InChI is InChI=1S/C17H15BrN2O2/c1-11(21)20-16(14-9-13(18)7-8-17(14)22)10-15(19-20)12-5-3-2-4-6-12/h2-9,16,22H,10H2,1H3. The van der Waals surface area contributed by atoms with Gasteiger partial charge in [0.05, 0.1) is 11.8 Å². The van der Waals surface area contributed by atoms with Crippen LogP contribution in [0.1, 0.15) is 30.5 Å². The van der Waals surface area contributed by atoms with Crippen LogP contribution in [-0.2, 0) is 4.79 Å². The summed E-state index contributed by atoms with van der Waals surface area (Å²) in [7, 11) is 0. The highest BCUT2D eigenvalue weighted by Gasteiger charge is 2.33. The summed E-state index contributed by atoms with van der Waals surface area (Å²) < 4.78 is 0.858. The SMILES string of the molecule is CC(=O)N1N=C(c2ccccc2)CC1c1cc(Br)ccc1O. The fourth-order valence-corrected chi connectivity index (χ4v) is 3.02. The predicted octanol–water partition coefficient (Wildman–Crippen LogP) is 3.85. The molecule has 2 aromatic rings. The number of hydrogen-bond acceptors (Lipinski definition) is 3. The van der Waals surface area contributed by atoms with Crippen molar-refractivity contribution in [3.63, 3.8) is 0 Å². The minimum atomic E-state index is -0.287. The zero-order valence-corrected chi connectivity index (χ0v) is 13.6. The Morgan fingerprint density at radius 3 is 2.68 bits per heavy atom. The minimum absolute atomic E-state index is 0.143. The van der Waals surface area contributed by atoms with Gasteiger partial charge in [-0.15, -0.1) is 0 Å². The molecule has 1 aliphatic heterocycles. The van der Waals surface area contributed by atoms with Crippen molar-refractivity contribution in [1.82, 2.24) is 5.01 Å². The molecule has 0 fully saturated rings. The average molecular weight is 359 g/mol. The molecule has 0 saturated carbocycles. The number of halogens is 1. The van der Waals surface area contributed by atoms with Crippen LogP contribution >= 0.6 is 15.9 Å². The summed E-state index contributed by atoms with van der Waals surface area (Å²) in [5.41, 5.74) is 2.53. The molecule has 1 N–H and O–H groups in total. The molecule has 4 nitrogen and oxygen atoms in total. The van der Waals surface area contributed by atoms with E-state index < -0.39 is 0 Å². The van der Waals surface area contributed by atoms with E-state index in [9.17, 15) is 9.90 Å². The van der Waals surface area contributed by atoms with Gasteiger partial charge in [-0.2, -0.15) is 5.10 Å². The Hall–Kier alpha value is -2.14. The monoisotopic (exact) mass is 358 g/mol. The van der Waals surface area contributed by atoms with E-state index in [1.165, 1.54) is 11.9 Å². The van der Waals surface area contributed by atoms with Crippen molar-refractivity contribution in [1.29, 1.82) is 0 Å². The van der Waals surface area contributed by atoms with Crippen LogP contribution in [0.5, 0.6) is 5.75 Å². The second-order valence-electron chi connectivity index (χ2n) is 5.20. The van der Waals surface area contributed by atoms with Crippen molar-refractivity contribution in [3.8, 4) is 5.75 Å². The van der Waals surface area contributed by atoms with Gasteiger partial charge in [0.15, 0.2) is 0 Å². The third-order valence-electron chi connectivity index (χ3n) is 3.69. The van der Waals surface area contributed by atoms with E-state index in [1.807, 2.05) is 36.4 Å². The van der Waals surface area contributed by atoms with Gasteiger partial charge in [0.2, 0.25) is 5.91 Å². The molecule has 1 aliphatic rings. The summed E-state index contributed by atoms with van der Waals surface area (Å²) in [5.74, 6) is 0.0271. The number of hydrazone groups is 1. The second kappa shape index (κ2) is 5.93. The number of carbonyl (C=O) groups excluding carboxylic acids is 1. The minimum Gasteiger partial charge on any atom is -0.508 e. The molecule has 2 aromatic carbocycles. The number of phenols is 1. The molecule has 0 spiro atoms. The maximum absolute atomic E-state index is 11.9. The van der Waals surface area contributed by atoms with Crippen LogP contribution in [0.3, 0.4) is 0 Å². The molecule has 1 heterocycles. The molecule has 0 saturated heterocycles. The van der Waals surface area contributed by atoms with Gasteiger partial charge in [-0.3, -0.25) is 4.79 Å². The van der Waals surface area contributed by atoms with Crippen molar-refractivity contribution in [2.45, 2.75) is 19.4 Å². The summed E-state index contributed by atoms with van der Waals surface area (Å²) in [6, 6.07) is 14.7. The molecule has 1 amide bonds. The van der Waals surface area contributed by atoms with Gasteiger partial charge in [-0.1, -0.05) is 46.3 Å². The fraction of sp³-hybridized carbons (Fsp3) is 0.176. The van der Waals surface area contributed by atoms with Crippen LogP contribution in [0.2, 0.25) is 0 Å². The molecule has 112 valence electrons. The lowest BCUT2D eigenvalue weighted by Gasteiger charge is -2.21. The van der Waals surface area contributed by atoms with Crippen molar-refractivity contribution >= 4 is 27.5 Å². The Bertz CT molecular complexity index is 744. The van der Waals surface area contributed by atoms with Crippen LogP contribution in [0.15, 0.2) is 58.1 Å². The molecular formula is C17H15BrN2O2. The number of benzene rings is 2. The van der Waals surface area contributed by atoms with Crippen LogP contribution in [-0.4, -0.2) is 21.7 Å². The van der Waals surface area contributed by atoms with Gasteiger partial charge in [-0.25, -0.2) is 5.01 Å². The smallest absolute Gasteiger partial charge is 0.240 e. The van der Waals surface area contributed by atoms with Crippen LogP contribution in [0.4, 0.5) is 0 Å². The van der Waals surface area contributed by atoms with Crippen molar-refractivity contribution in [2.75, 3.05) is 0 Å². The van der Waals surface area contributed by atoms with E-state index in [2.05, 4.69) is 21.0 Å². The normalized spacial score (nSPS) is 17.5. The number of carbonyl (C=O) groups is 1. The maximum atomic E-state index is 11.9. The van der Waals surface area contributed by atoms with Crippen LogP contribution in [0, 0.1) is 0 Å². The van der Waals surface area contributed by atoms with Crippen molar-refractivity contribution in [2.24, 2.45) is 5.10 Å². The molecule has 0 bridgehead atoms. The first-order valence-electron chi connectivity index (χ1n) is 6.97.